The summed E-state index contributed by atoms with van der Waals surface area (Å²) in [4.78, 5) is 0. The third-order valence-corrected chi connectivity index (χ3v) is 4.37. The first-order valence-electron chi connectivity index (χ1n) is 5.31. The maximum absolute atomic E-state index is 5.98. The van der Waals surface area contributed by atoms with Gasteiger partial charge in [0, 0.05) is 12.8 Å². The molecule has 1 aromatic heterocycles. The van der Waals surface area contributed by atoms with E-state index < -0.39 is 0 Å². The van der Waals surface area contributed by atoms with Crippen molar-refractivity contribution in [1.82, 2.24) is 10.2 Å². The molecule has 0 atom stereocenters. The highest BCUT2D eigenvalue weighted by molar-refractivity contribution is 8.01. The van der Waals surface area contributed by atoms with Gasteiger partial charge < -0.3 is 10.1 Å². The van der Waals surface area contributed by atoms with E-state index in [1.807, 2.05) is 31.3 Å². The quantitative estimate of drug-likeness (QED) is 0.654. The number of thioether (sulfide) groups is 1. The predicted molar refractivity (Wildman–Crippen MR) is 77.1 cm³/mol. The van der Waals surface area contributed by atoms with Crippen LogP contribution in [0.3, 0.4) is 0 Å². The molecule has 4 nitrogen and oxygen atoms in total. The number of hydrogen-bond donors (Lipinski definition) is 1. The molecule has 0 aliphatic heterocycles. The van der Waals surface area contributed by atoms with Crippen molar-refractivity contribution in [3.8, 4) is 5.75 Å². The molecule has 18 heavy (non-hydrogen) atoms. The zero-order chi connectivity index (χ0) is 12.8. The van der Waals surface area contributed by atoms with Gasteiger partial charge in [-0.2, -0.15) is 0 Å². The lowest BCUT2D eigenvalue weighted by molar-refractivity contribution is 0.344. The molecular weight excluding hydrogens is 290 g/mol. The van der Waals surface area contributed by atoms with Crippen molar-refractivity contribution < 1.29 is 4.74 Å². The van der Waals surface area contributed by atoms with Crippen LogP contribution >= 0.6 is 34.7 Å². The van der Waals surface area contributed by atoms with Crippen molar-refractivity contribution in [3.05, 3.63) is 29.3 Å². The molecule has 0 saturated carbocycles. The van der Waals surface area contributed by atoms with Crippen LogP contribution in [0.15, 0.2) is 28.6 Å². The summed E-state index contributed by atoms with van der Waals surface area (Å²) >= 11 is 9.13. The van der Waals surface area contributed by atoms with Gasteiger partial charge in [0.15, 0.2) is 4.34 Å². The minimum atomic E-state index is 0.586. The molecule has 0 unspecified atom stereocenters. The third kappa shape index (κ3) is 3.76. The van der Waals surface area contributed by atoms with E-state index in [-0.39, 0.29) is 0 Å². The fourth-order valence-corrected chi connectivity index (χ4v) is 2.99. The Bertz CT molecular complexity index is 507. The SMILES string of the molecule is CNc1nnc(SCCOc2ccccc2Cl)s1. The monoisotopic (exact) mass is 301 g/mol. The van der Waals surface area contributed by atoms with Crippen LogP contribution in [0.2, 0.25) is 5.02 Å². The molecule has 0 aliphatic carbocycles. The Morgan fingerprint density at radius 1 is 1.39 bits per heavy atom. The second kappa shape index (κ2) is 6.82. The Morgan fingerprint density at radius 2 is 2.22 bits per heavy atom. The van der Waals surface area contributed by atoms with Gasteiger partial charge >= 0.3 is 0 Å². The Kier molecular flexibility index (Phi) is 5.10. The van der Waals surface area contributed by atoms with Crippen LogP contribution in [-0.4, -0.2) is 29.6 Å². The molecule has 0 bridgehead atoms. The number of aromatic nitrogens is 2. The minimum Gasteiger partial charge on any atom is -0.491 e. The van der Waals surface area contributed by atoms with Crippen LogP contribution in [0.1, 0.15) is 0 Å². The van der Waals surface area contributed by atoms with E-state index in [1.165, 1.54) is 11.3 Å². The van der Waals surface area contributed by atoms with Crippen LogP contribution in [0, 0.1) is 0 Å². The summed E-state index contributed by atoms with van der Waals surface area (Å²) in [6.45, 7) is 0.586. The third-order valence-electron chi connectivity index (χ3n) is 2.02. The summed E-state index contributed by atoms with van der Waals surface area (Å²) in [6, 6.07) is 7.45. The average Bonchev–Trinajstić information content (AvgIpc) is 2.84. The lowest BCUT2D eigenvalue weighted by atomic mass is 10.3. The highest BCUT2D eigenvalue weighted by atomic mass is 35.5. The fourth-order valence-electron chi connectivity index (χ4n) is 1.21. The lowest BCUT2D eigenvalue weighted by Gasteiger charge is -2.06. The highest BCUT2D eigenvalue weighted by Gasteiger charge is 2.04. The number of ether oxygens (including phenoxy) is 1. The Hall–Kier alpha value is -0.980. The number of nitrogens with one attached hydrogen (secondary N) is 1. The van der Waals surface area contributed by atoms with Crippen molar-refractivity contribution in [2.75, 3.05) is 24.7 Å². The second-order valence-corrected chi connectivity index (χ2v) is 5.98. The minimum absolute atomic E-state index is 0.586. The largest absolute Gasteiger partial charge is 0.491 e. The van der Waals surface area contributed by atoms with E-state index in [2.05, 4.69) is 15.5 Å². The molecule has 1 N–H and O–H groups in total. The Balaban J connectivity index is 1.74. The van der Waals surface area contributed by atoms with Crippen molar-refractivity contribution in [2.45, 2.75) is 4.34 Å². The van der Waals surface area contributed by atoms with E-state index in [0.29, 0.717) is 17.4 Å². The molecule has 2 rings (SSSR count). The van der Waals surface area contributed by atoms with Gasteiger partial charge in [0.25, 0.3) is 0 Å². The van der Waals surface area contributed by atoms with Gasteiger partial charge in [0.1, 0.15) is 5.75 Å². The normalized spacial score (nSPS) is 10.3. The van der Waals surface area contributed by atoms with E-state index >= 15 is 0 Å². The molecule has 7 heteroatoms. The van der Waals surface area contributed by atoms with Crippen LogP contribution in [-0.2, 0) is 0 Å². The van der Waals surface area contributed by atoms with E-state index in [1.54, 1.807) is 11.8 Å². The summed E-state index contributed by atoms with van der Waals surface area (Å²) < 4.78 is 6.51. The molecular formula is C11H12ClN3OS2. The summed E-state index contributed by atoms with van der Waals surface area (Å²) in [5.74, 6) is 1.52. The predicted octanol–water partition coefficient (Wildman–Crippen LogP) is 3.40. The number of para-hydroxylation sites is 1. The molecule has 0 spiro atoms. The zero-order valence-electron chi connectivity index (χ0n) is 9.72. The molecule has 1 aromatic carbocycles. The zero-order valence-corrected chi connectivity index (χ0v) is 12.1. The summed E-state index contributed by atoms with van der Waals surface area (Å²) in [5.41, 5.74) is 0. The van der Waals surface area contributed by atoms with Crippen molar-refractivity contribution in [1.29, 1.82) is 0 Å². The molecule has 0 saturated heterocycles. The topological polar surface area (TPSA) is 47.0 Å². The number of halogens is 1. The standard InChI is InChI=1S/C11H12ClN3OS2/c1-13-10-14-15-11(18-10)17-7-6-16-9-5-3-2-4-8(9)12/h2-5H,6-7H2,1H3,(H,13,14). The van der Waals surface area contributed by atoms with Crippen LogP contribution < -0.4 is 10.1 Å². The average molecular weight is 302 g/mol. The van der Waals surface area contributed by atoms with E-state index in [0.717, 1.165) is 15.2 Å². The smallest absolute Gasteiger partial charge is 0.206 e. The van der Waals surface area contributed by atoms with Crippen molar-refractivity contribution in [3.63, 3.8) is 0 Å². The first-order chi connectivity index (χ1) is 8.79. The second-order valence-electron chi connectivity index (χ2n) is 3.25. The number of anilines is 1. The number of hydrogen-bond acceptors (Lipinski definition) is 6. The summed E-state index contributed by atoms with van der Waals surface area (Å²) in [7, 11) is 1.83. The van der Waals surface area contributed by atoms with Crippen molar-refractivity contribution >= 4 is 39.8 Å². The van der Waals surface area contributed by atoms with E-state index in [4.69, 9.17) is 16.3 Å². The molecule has 96 valence electrons. The lowest BCUT2D eigenvalue weighted by Crippen LogP contribution is -2.00. The molecule has 0 radical (unpaired) electrons. The van der Waals surface area contributed by atoms with Gasteiger partial charge in [-0.15, -0.1) is 10.2 Å². The number of nitrogens with zero attached hydrogens (tertiary/aromatic N) is 2. The molecule has 0 aliphatic rings. The van der Waals surface area contributed by atoms with Gasteiger partial charge in [0.2, 0.25) is 5.13 Å². The van der Waals surface area contributed by atoms with Gasteiger partial charge in [-0.3, -0.25) is 0 Å². The van der Waals surface area contributed by atoms with Crippen LogP contribution in [0.5, 0.6) is 5.75 Å². The fraction of sp³-hybridized carbons (Fsp3) is 0.273. The maximum atomic E-state index is 5.98. The first-order valence-corrected chi connectivity index (χ1v) is 7.49. The summed E-state index contributed by atoms with van der Waals surface area (Å²) in [5, 5.41) is 12.4. The number of benzene rings is 1. The van der Waals surface area contributed by atoms with Gasteiger partial charge in [0.05, 0.1) is 11.6 Å². The van der Waals surface area contributed by atoms with Gasteiger partial charge in [-0.25, -0.2) is 0 Å². The Morgan fingerprint density at radius 3 is 2.94 bits per heavy atom. The number of rotatable bonds is 6. The van der Waals surface area contributed by atoms with E-state index in [9.17, 15) is 0 Å². The summed E-state index contributed by atoms with van der Waals surface area (Å²) in [6.07, 6.45) is 0. The van der Waals surface area contributed by atoms with Crippen LogP contribution in [0.4, 0.5) is 5.13 Å². The van der Waals surface area contributed by atoms with Gasteiger partial charge in [-0.1, -0.05) is 46.8 Å². The molecule has 0 amide bonds. The molecule has 2 aromatic rings. The molecule has 1 heterocycles. The first kappa shape index (κ1) is 13.5. The van der Waals surface area contributed by atoms with Gasteiger partial charge in [-0.05, 0) is 12.1 Å². The Labute approximate surface area is 119 Å². The highest BCUT2D eigenvalue weighted by Crippen LogP contribution is 2.26. The van der Waals surface area contributed by atoms with Crippen LogP contribution in [0.25, 0.3) is 0 Å². The maximum Gasteiger partial charge on any atom is 0.206 e. The molecule has 0 fully saturated rings. The van der Waals surface area contributed by atoms with Crippen molar-refractivity contribution in [2.24, 2.45) is 0 Å².